The smallest absolute Gasteiger partial charge is 0.336 e. The lowest BCUT2D eigenvalue weighted by Gasteiger charge is -2.06. The second-order valence-electron chi connectivity index (χ2n) is 4.44. The molecule has 0 amide bonds. The molecule has 6 heteroatoms. The summed E-state index contributed by atoms with van der Waals surface area (Å²) in [6, 6.07) is 2.57. The van der Waals surface area contributed by atoms with Gasteiger partial charge in [0.2, 0.25) is 0 Å². The Balaban J connectivity index is 2.43. The summed E-state index contributed by atoms with van der Waals surface area (Å²) in [6.45, 7) is 2.67. The van der Waals surface area contributed by atoms with Gasteiger partial charge in [0, 0.05) is 18.9 Å². The molecule has 0 unspecified atom stereocenters. The van der Waals surface area contributed by atoms with Crippen molar-refractivity contribution in [1.29, 1.82) is 0 Å². The van der Waals surface area contributed by atoms with Crippen molar-refractivity contribution in [2.45, 2.75) is 13.5 Å². The standard InChI is InChI=1S/C14H15FN2O3/c1-9-5-11(12(14(18)19)6-13(9)15)10-7-16-17(8-10)3-4-20-2/h5-8H,3-4H2,1-2H3,(H,18,19). The van der Waals surface area contributed by atoms with Crippen LogP contribution in [0.5, 0.6) is 0 Å². The zero-order chi connectivity index (χ0) is 14.7. The average molecular weight is 278 g/mol. The first-order chi connectivity index (χ1) is 9.52. The summed E-state index contributed by atoms with van der Waals surface area (Å²) in [5, 5.41) is 13.3. The highest BCUT2D eigenvalue weighted by molar-refractivity contribution is 5.96. The van der Waals surface area contributed by atoms with Gasteiger partial charge in [-0.05, 0) is 30.2 Å². The summed E-state index contributed by atoms with van der Waals surface area (Å²) in [4.78, 5) is 11.2. The number of rotatable bonds is 5. The first kappa shape index (κ1) is 14.2. The number of hydrogen-bond acceptors (Lipinski definition) is 3. The van der Waals surface area contributed by atoms with Crippen molar-refractivity contribution in [3.63, 3.8) is 0 Å². The zero-order valence-electron chi connectivity index (χ0n) is 11.3. The summed E-state index contributed by atoms with van der Waals surface area (Å²) in [5.74, 6) is -1.69. The van der Waals surface area contributed by atoms with Crippen LogP contribution in [0.2, 0.25) is 0 Å². The molecular weight excluding hydrogens is 263 g/mol. The molecule has 0 fully saturated rings. The molecule has 2 aromatic rings. The fourth-order valence-corrected chi connectivity index (χ4v) is 1.91. The lowest BCUT2D eigenvalue weighted by atomic mass is 9.99. The number of methoxy groups -OCH3 is 1. The van der Waals surface area contributed by atoms with Crippen LogP contribution in [0.4, 0.5) is 4.39 Å². The van der Waals surface area contributed by atoms with Crippen LogP contribution < -0.4 is 0 Å². The number of halogens is 1. The van der Waals surface area contributed by atoms with Gasteiger partial charge in [-0.2, -0.15) is 5.10 Å². The number of hydrogen-bond donors (Lipinski definition) is 1. The second kappa shape index (κ2) is 5.83. The van der Waals surface area contributed by atoms with E-state index in [0.717, 1.165) is 6.07 Å². The second-order valence-corrected chi connectivity index (χ2v) is 4.44. The number of aromatic nitrogens is 2. The highest BCUT2D eigenvalue weighted by atomic mass is 19.1. The Bertz CT molecular complexity index is 637. The summed E-state index contributed by atoms with van der Waals surface area (Å²) in [7, 11) is 1.59. The molecule has 0 radical (unpaired) electrons. The zero-order valence-corrected chi connectivity index (χ0v) is 11.3. The van der Waals surface area contributed by atoms with Gasteiger partial charge in [0.25, 0.3) is 0 Å². The van der Waals surface area contributed by atoms with Crippen molar-refractivity contribution in [3.8, 4) is 11.1 Å². The van der Waals surface area contributed by atoms with Gasteiger partial charge in [-0.15, -0.1) is 0 Å². The number of ether oxygens (including phenoxy) is 1. The number of carboxylic acids is 1. The normalized spacial score (nSPS) is 10.8. The van der Waals surface area contributed by atoms with Crippen molar-refractivity contribution < 1.29 is 19.0 Å². The Labute approximate surface area is 115 Å². The van der Waals surface area contributed by atoms with E-state index in [0.29, 0.717) is 29.8 Å². The maximum Gasteiger partial charge on any atom is 0.336 e. The van der Waals surface area contributed by atoms with Gasteiger partial charge in [-0.3, -0.25) is 4.68 Å². The molecule has 0 atom stereocenters. The van der Waals surface area contributed by atoms with E-state index in [9.17, 15) is 14.3 Å². The predicted octanol–water partition coefficient (Wildman–Crippen LogP) is 2.34. The maximum atomic E-state index is 13.5. The summed E-state index contributed by atoms with van der Waals surface area (Å²) in [6.07, 6.45) is 3.28. The van der Waals surface area contributed by atoms with E-state index in [4.69, 9.17) is 4.74 Å². The molecule has 0 saturated carbocycles. The fourth-order valence-electron chi connectivity index (χ4n) is 1.91. The van der Waals surface area contributed by atoms with E-state index < -0.39 is 11.8 Å². The molecule has 1 aromatic heterocycles. The number of aryl methyl sites for hydroxylation is 1. The monoisotopic (exact) mass is 278 g/mol. The molecule has 0 bridgehead atoms. The van der Waals surface area contributed by atoms with E-state index in [2.05, 4.69) is 5.10 Å². The SMILES string of the molecule is COCCn1cc(-c2cc(C)c(F)cc2C(=O)O)cn1. The first-order valence-electron chi connectivity index (χ1n) is 6.08. The Hall–Kier alpha value is -2.21. The molecule has 1 N–H and O–H groups in total. The van der Waals surface area contributed by atoms with Crippen molar-refractivity contribution >= 4 is 5.97 Å². The van der Waals surface area contributed by atoms with Crippen LogP contribution in [0, 0.1) is 12.7 Å². The molecule has 106 valence electrons. The quantitative estimate of drug-likeness (QED) is 0.911. The van der Waals surface area contributed by atoms with Gasteiger partial charge in [0.15, 0.2) is 0 Å². The van der Waals surface area contributed by atoms with Crippen LogP contribution in [0.15, 0.2) is 24.5 Å². The van der Waals surface area contributed by atoms with Gasteiger partial charge in [-0.1, -0.05) is 0 Å². The third-order valence-corrected chi connectivity index (χ3v) is 3.00. The van der Waals surface area contributed by atoms with Gasteiger partial charge in [0.05, 0.1) is 24.9 Å². The highest BCUT2D eigenvalue weighted by Gasteiger charge is 2.16. The van der Waals surface area contributed by atoms with Gasteiger partial charge in [0.1, 0.15) is 5.82 Å². The molecule has 5 nitrogen and oxygen atoms in total. The van der Waals surface area contributed by atoms with Crippen molar-refractivity contribution in [1.82, 2.24) is 9.78 Å². The molecular formula is C14H15FN2O3. The highest BCUT2D eigenvalue weighted by Crippen LogP contribution is 2.26. The molecule has 2 rings (SSSR count). The molecule has 0 aliphatic rings. The van der Waals surface area contributed by atoms with Crippen LogP contribution in [0.3, 0.4) is 0 Å². The van der Waals surface area contributed by atoms with E-state index in [1.807, 2.05) is 0 Å². The van der Waals surface area contributed by atoms with Crippen molar-refractivity contribution in [3.05, 3.63) is 41.5 Å². The molecule has 0 aliphatic heterocycles. The Kier molecular flexibility index (Phi) is 4.14. The van der Waals surface area contributed by atoms with E-state index in [1.165, 1.54) is 6.07 Å². The number of carboxylic acid groups (broad SMARTS) is 1. The maximum absolute atomic E-state index is 13.5. The fraction of sp³-hybridized carbons (Fsp3) is 0.286. The van der Waals surface area contributed by atoms with Crippen LogP contribution in [-0.2, 0) is 11.3 Å². The van der Waals surface area contributed by atoms with E-state index in [-0.39, 0.29) is 5.56 Å². The van der Waals surface area contributed by atoms with Crippen LogP contribution >= 0.6 is 0 Å². The number of nitrogens with zero attached hydrogens (tertiary/aromatic N) is 2. The third kappa shape index (κ3) is 2.85. The Morgan fingerprint density at radius 1 is 1.50 bits per heavy atom. The molecule has 20 heavy (non-hydrogen) atoms. The molecule has 1 aromatic carbocycles. The molecule has 0 saturated heterocycles. The van der Waals surface area contributed by atoms with Gasteiger partial charge >= 0.3 is 5.97 Å². The van der Waals surface area contributed by atoms with Crippen molar-refractivity contribution in [2.75, 3.05) is 13.7 Å². The summed E-state index contributed by atoms with van der Waals surface area (Å²) < 4.78 is 20.1. The minimum absolute atomic E-state index is 0.0700. The summed E-state index contributed by atoms with van der Waals surface area (Å²) in [5.41, 5.74) is 1.43. The van der Waals surface area contributed by atoms with E-state index in [1.54, 1.807) is 31.1 Å². The number of aromatic carboxylic acids is 1. The average Bonchev–Trinajstić information content (AvgIpc) is 2.87. The van der Waals surface area contributed by atoms with Crippen LogP contribution in [0.25, 0.3) is 11.1 Å². The molecule has 0 aliphatic carbocycles. The predicted molar refractivity (Wildman–Crippen MR) is 71.2 cm³/mol. The largest absolute Gasteiger partial charge is 0.478 e. The topological polar surface area (TPSA) is 64.3 Å². The van der Waals surface area contributed by atoms with E-state index >= 15 is 0 Å². The van der Waals surface area contributed by atoms with Crippen molar-refractivity contribution in [2.24, 2.45) is 0 Å². The lowest BCUT2D eigenvalue weighted by molar-refractivity contribution is 0.0697. The minimum atomic E-state index is -1.16. The number of carbonyl (C=O) groups is 1. The molecule has 0 spiro atoms. The Morgan fingerprint density at radius 3 is 2.90 bits per heavy atom. The Morgan fingerprint density at radius 2 is 2.25 bits per heavy atom. The first-order valence-corrected chi connectivity index (χ1v) is 6.08. The van der Waals surface area contributed by atoms with Crippen LogP contribution in [-0.4, -0.2) is 34.6 Å². The third-order valence-electron chi connectivity index (χ3n) is 3.00. The molecule has 1 heterocycles. The summed E-state index contributed by atoms with van der Waals surface area (Å²) >= 11 is 0. The van der Waals surface area contributed by atoms with Gasteiger partial charge < -0.3 is 9.84 Å². The lowest BCUT2D eigenvalue weighted by Crippen LogP contribution is -2.04. The number of benzene rings is 1. The van der Waals surface area contributed by atoms with Gasteiger partial charge in [-0.25, -0.2) is 9.18 Å². The van der Waals surface area contributed by atoms with Crippen LogP contribution in [0.1, 0.15) is 15.9 Å². The minimum Gasteiger partial charge on any atom is -0.478 e.